The third kappa shape index (κ3) is 2.56. The summed E-state index contributed by atoms with van der Waals surface area (Å²) >= 11 is 0. The van der Waals surface area contributed by atoms with Crippen molar-refractivity contribution in [3.63, 3.8) is 0 Å². The Kier molecular flexibility index (Phi) is 3.48. The highest BCUT2D eigenvalue weighted by Gasteiger charge is 2.20. The zero-order valence-electron chi connectivity index (χ0n) is 11.2. The monoisotopic (exact) mass is 278 g/mol. The number of aryl methyl sites for hydroxylation is 1. The normalized spacial score (nSPS) is 15.3. The van der Waals surface area contributed by atoms with Gasteiger partial charge in [0.1, 0.15) is 23.3 Å². The molecule has 0 saturated carbocycles. The van der Waals surface area contributed by atoms with Crippen molar-refractivity contribution in [2.24, 2.45) is 0 Å². The minimum absolute atomic E-state index is 0.0133. The van der Waals surface area contributed by atoms with Gasteiger partial charge in [-0.1, -0.05) is 0 Å². The van der Waals surface area contributed by atoms with Crippen LogP contribution in [0.25, 0.3) is 0 Å². The number of aromatic nitrogens is 3. The topological polar surface area (TPSA) is 42.7 Å². The van der Waals surface area contributed by atoms with Gasteiger partial charge in [0, 0.05) is 25.6 Å². The van der Waals surface area contributed by atoms with Gasteiger partial charge in [-0.25, -0.2) is 8.78 Å². The summed E-state index contributed by atoms with van der Waals surface area (Å²) in [6.07, 6.45) is 2.06. The largest absolute Gasteiger partial charge is 0.314 e. The summed E-state index contributed by atoms with van der Waals surface area (Å²) in [6, 6.07) is 3.52. The van der Waals surface area contributed by atoms with Crippen LogP contribution in [0.5, 0.6) is 0 Å². The number of hydrogen-bond donors (Lipinski definition) is 1. The molecule has 2 aromatic rings. The van der Waals surface area contributed by atoms with E-state index in [0.717, 1.165) is 37.1 Å². The van der Waals surface area contributed by atoms with Gasteiger partial charge in [0.05, 0.1) is 6.04 Å². The minimum Gasteiger partial charge on any atom is -0.314 e. The number of nitrogens with zero attached hydrogens (tertiary/aromatic N) is 3. The Morgan fingerprint density at radius 2 is 2.00 bits per heavy atom. The quantitative estimate of drug-likeness (QED) is 0.933. The molecule has 0 fully saturated rings. The van der Waals surface area contributed by atoms with E-state index in [1.165, 1.54) is 12.1 Å². The molecule has 1 aromatic carbocycles. The van der Waals surface area contributed by atoms with E-state index in [4.69, 9.17) is 0 Å². The lowest BCUT2D eigenvalue weighted by Crippen LogP contribution is -2.21. The van der Waals surface area contributed by atoms with E-state index in [0.29, 0.717) is 12.1 Å². The van der Waals surface area contributed by atoms with Gasteiger partial charge < -0.3 is 9.88 Å². The number of benzene rings is 1. The van der Waals surface area contributed by atoms with Crippen molar-refractivity contribution < 1.29 is 8.78 Å². The third-order valence-corrected chi connectivity index (χ3v) is 3.56. The highest BCUT2D eigenvalue weighted by atomic mass is 19.1. The molecule has 1 N–H and O–H groups in total. The van der Waals surface area contributed by atoms with Gasteiger partial charge in [-0.3, -0.25) is 0 Å². The highest BCUT2D eigenvalue weighted by molar-refractivity contribution is 5.18. The molecule has 3 rings (SSSR count). The second-order valence-corrected chi connectivity index (χ2v) is 5.11. The molecule has 0 amide bonds. The zero-order valence-corrected chi connectivity index (χ0v) is 11.2. The Hall–Kier alpha value is -1.82. The van der Waals surface area contributed by atoms with Crippen LogP contribution in [0.1, 0.15) is 36.6 Å². The van der Waals surface area contributed by atoms with Crippen molar-refractivity contribution in [3.05, 3.63) is 47.0 Å². The summed E-state index contributed by atoms with van der Waals surface area (Å²) in [5.41, 5.74) is 0.579. The van der Waals surface area contributed by atoms with Crippen LogP contribution < -0.4 is 5.32 Å². The molecule has 0 spiro atoms. The second kappa shape index (κ2) is 5.28. The van der Waals surface area contributed by atoms with Gasteiger partial charge in [-0.15, -0.1) is 10.2 Å². The Balaban J connectivity index is 1.68. The molecule has 1 unspecified atom stereocenters. The Morgan fingerprint density at radius 3 is 2.75 bits per heavy atom. The molecule has 1 aliphatic heterocycles. The maximum Gasteiger partial charge on any atom is 0.149 e. The average molecular weight is 278 g/mol. The first-order chi connectivity index (χ1) is 9.63. The fraction of sp³-hybridized carbons (Fsp3) is 0.429. The van der Waals surface area contributed by atoms with Crippen molar-refractivity contribution in [2.45, 2.75) is 38.9 Å². The first kappa shape index (κ1) is 13.2. The lowest BCUT2D eigenvalue weighted by atomic mass is 10.2. The van der Waals surface area contributed by atoms with Gasteiger partial charge >= 0.3 is 0 Å². The van der Waals surface area contributed by atoms with Crippen molar-refractivity contribution in [2.75, 3.05) is 0 Å². The SMILES string of the molecule is CC(NCc1cc(F)cc(F)c1)c1nnc2n1CCC2. The van der Waals surface area contributed by atoms with Crippen LogP contribution in [-0.2, 0) is 19.5 Å². The van der Waals surface area contributed by atoms with Gasteiger partial charge in [0.2, 0.25) is 0 Å². The summed E-state index contributed by atoms with van der Waals surface area (Å²) in [7, 11) is 0. The summed E-state index contributed by atoms with van der Waals surface area (Å²) < 4.78 is 28.3. The first-order valence-electron chi connectivity index (χ1n) is 6.74. The summed E-state index contributed by atoms with van der Waals surface area (Å²) in [5, 5.41) is 11.6. The van der Waals surface area contributed by atoms with Crippen molar-refractivity contribution in [1.29, 1.82) is 0 Å². The number of fused-ring (bicyclic) bond motifs is 1. The highest BCUT2D eigenvalue weighted by Crippen LogP contribution is 2.19. The third-order valence-electron chi connectivity index (χ3n) is 3.56. The molecule has 0 bridgehead atoms. The summed E-state index contributed by atoms with van der Waals surface area (Å²) in [6.45, 7) is 3.31. The maximum atomic E-state index is 13.1. The average Bonchev–Trinajstić information content (AvgIpc) is 2.96. The number of rotatable bonds is 4. The summed E-state index contributed by atoms with van der Waals surface area (Å²) in [4.78, 5) is 0. The molecule has 0 aliphatic carbocycles. The lowest BCUT2D eigenvalue weighted by Gasteiger charge is -2.14. The molecular weight excluding hydrogens is 262 g/mol. The Bertz CT molecular complexity index is 603. The molecule has 106 valence electrons. The van der Waals surface area contributed by atoms with Crippen LogP contribution in [0.3, 0.4) is 0 Å². The van der Waals surface area contributed by atoms with E-state index in [2.05, 4.69) is 20.1 Å². The van der Waals surface area contributed by atoms with Crippen molar-refractivity contribution >= 4 is 0 Å². The van der Waals surface area contributed by atoms with Crippen molar-refractivity contribution in [1.82, 2.24) is 20.1 Å². The molecule has 6 heteroatoms. The Morgan fingerprint density at radius 1 is 1.25 bits per heavy atom. The van der Waals surface area contributed by atoms with E-state index < -0.39 is 11.6 Å². The van der Waals surface area contributed by atoms with E-state index in [-0.39, 0.29) is 6.04 Å². The lowest BCUT2D eigenvalue weighted by molar-refractivity contribution is 0.511. The minimum atomic E-state index is -0.558. The zero-order chi connectivity index (χ0) is 14.1. The molecule has 1 aromatic heterocycles. The van der Waals surface area contributed by atoms with Crippen molar-refractivity contribution in [3.8, 4) is 0 Å². The van der Waals surface area contributed by atoms with Crippen LogP contribution in [0, 0.1) is 11.6 Å². The van der Waals surface area contributed by atoms with E-state index in [1.807, 2.05) is 6.92 Å². The fourth-order valence-corrected chi connectivity index (χ4v) is 2.57. The van der Waals surface area contributed by atoms with Gasteiger partial charge in [0.15, 0.2) is 0 Å². The number of halogens is 2. The van der Waals surface area contributed by atoms with E-state index in [1.54, 1.807) is 0 Å². The molecule has 0 radical (unpaired) electrons. The smallest absolute Gasteiger partial charge is 0.149 e. The van der Waals surface area contributed by atoms with E-state index >= 15 is 0 Å². The van der Waals surface area contributed by atoms with Crippen LogP contribution >= 0.6 is 0 Å². The predicted octanol–water partition coefficient (Wildman–Crippen LogP) is 2.35. The molecule has 0 saturated heterocycles. The van der Waals surface area contributed by atoms with Crippen LogP contribution in [-0.4, -0.2) is 14.8 Å². The van der Waals surface area contributed by atoms with Gasteiger partial charge in [-0.2, -0.15) is 0 Å². The van der Waals surface area contributed by atoms with Crippen LogP contribution in [0.4, 0.5) is 8.78 Å². The Labute approximate surface area is 115 Å². The standard InChI is InChI=1S/C14H16F2N4/c1-9(14-19-18-13-3-2-4-20(13)14)17-8-10-5-11(15)7-12(16)6-10/h5-7,9,17H,2-4,8H2,1H3. The van der Waals surface area contributed by atoms with Gasteiger partial charge in [0.25, 0.3) is 0 Å². The summed E-state index contributed by atoms with van der Waals surface area (Å²) in [5.74, 6) is 0.787. The van der Waals surface area contributed by atoms with Crippen LogP contribution in [0.15, 0.2) is 18.2 Å². The molecular formula is C14H16F2N4. The molecule has 1 atom stereocenters. The number of hydrogen-bond acceptors (Lipinski definition) is 3. The van der Waals surface area contributed by atoms with Gasteiger partial charge in [-0.05, 0) is 31.0 Å². The fourth-order valence-electron chi connectivity index (χ4n) is 2.57. The number of nitrogens with one attached hydrogen (secondary N) is 1. The molecule has 20 heavy (non-hydrogen) atoms. The second-order valence-electron chi connectivity index (χ2n) is 5.11. The maximum absolute atomic E-state index is 13.1. The van der Waals surface area contributed by atoms with Crippen LogP contribution in [0.2, 0.25) is 0 Å². The predicted molar refractivity (Wildman–Crippen MR) is 70.0 cm³/mol. The molecule has 2 heterocycles. The van der Waals surface area contributed by atoms with E-state index in [9.17, 15) is 8.78 Å². The molecule has 1 aliphatic rings. The molecule has 4 nitrogen and oxygen atoms in total. The first-order valence-corrected chi connectivity index (χ1v) is 6.74.